The van der Waals surface area contributed by atoms with Crippen LogP contribution in [0.1, 0.15) is 37.0 Å². The molecule has 0 saturated heterocycles. The molecule has 15 heavy (non-hydrogen) atoms. The molecule has 1 aromatic carbocycles. The van der Waals surface area contributed by atoms with Gasteiger partial charge < -0.3 is 5.32 Å². The summed E-state index contributed by atoms with van der Waals surface area (Å²) in [5.41, 5.74) is 4.51. The van der Waals surface area contributed by atoms with Crippen molar-refractivity contribution in [2.24, 2.45) is 5.92 Å². The van der Waals surface area contributed by atoms with Gasteiger partial charge in [-0.05, 0) is 42.4 Å². The van der Waals surface area contributed by atoms with E-state index < -0.39 is 0 Å². The van der Waals surface area contributed by atoms with E-state index in [1.54, 1.807) is 5.56 Å². The Morgan fingerprint density at radius 2 is 2.20 bits per heavy atom. The smallest absolute Gasteiger partial charge is 0.0213 e. The molecule has 1 unspecified atom stereocenters. The summed E-state index contributed by atoms with van der Waals surface area (Å²) in [4.78, 5) is 0. The van der Waals surface area contributed by atoms with Crippen molar-refractivity contribution in [3.05, 3.63) is 34.9 Å². The van der Waals surface area contributed by atoms with Crippen molar-refractivity contribution in [2.45, 2.75) is 46.2 Å². The highest BCUT2D eigenvalue weighted by molar-refractivity contribution is 5.36. The number of fused-ring (bicyclic) bond motifs is 1. The second-order valence-corrected chi connectivity index (χ2v) is 5.12. The summed E-state index contributed by atoms with van der Waals surface area (Å²) < 4.78 is 0. The zero-order chi connectivity index (χ0) is 10.8. The first kappa shape index (κ1) is 10.7. The summed E-state index contributed by atoms with van der Waals surface area (Å²) in [6, 6.07) is 7.37. The van der Waals surface area contributed by atoms with Crippen LogP contribution in [0.15, 0.2) is 18.2 Å². The molecule has 1 nitrogen and oxygen atoms in total. The second-order valence-electron chi connectivity index (χ2n) is 5.12. The fraction of sp³-hybridized carbons (Fsp3) is 0.571. The van der Waals surface area contributed by atoms with Gasteiger partial charge in [0, 0.05) is 12.6 Å². The lowest BCUT2D eigenvalue weighted by Gasteiger charge is -2.28. The average molecular weight is 203 g/mol. The van der Waals surface area contributed by atoms with E-state index in [2.05, 4.69) is 44.3 Å². The quantitative estimate of drug-likeness (QED) is 0.779. The van der Waals surface area contributed by atoms with Gasteiger partial charge in [-0.3, -0.25) is 0 Å². The zero-order valence-corrected chi connectivity index (χ0v) is 10.0. The highest BCUT2D eigenvalue weighted by atomic mass is 14.9. The van der Waals surface area contributed by atoms with E-state index in [4.69, 9.17) is 0 Å². The molecule has 1 heteroatoms. The van der Waals surface area contributed by atoms with Crippen LogP contribution in [0.25, 0.3) is 0 Å². The van der Waals surface area contributed by atoms with E-state index in [-0.39, 0.29) is 0 Å². The van der Waals surface area contributed by atoms with E-state index in [1.807, 2.05) is 0 Å². The van der Waals surface area contributed by atoms with Crippen LogP contribution in [0.4, 0.5) is 0 Å². The Morgan fingerprint density at radius 1 is 1.40 bits per heavy atom. The predicted octanol–water partition coefficient (Wildman–Crippen LogP) is 3.06. The van der Waals surface area contributed by atoms with Crippen molar-refractivity contribution in [1.82, 2.24) is 5.32 Å². The van der Waals surface area contributed by atoms with Gasteiger partial charge in [0.2, 0.25) is 0 Å². The van der Waals surface area contributed by atoms with Crippen LogP contribution in [0.2, 0.25) is 0 Å². The molecule has 0 spiro atoms. The zero-order valence-electron chi connectivity index (χ0n) is 10.0. The fourth-order valence-electron chi connectivity index (χ4n) is 2.53. The van der Waals surface area contributed by atoms with Crippen LogP contribution in [-0.4, -0.2) is 6.04 Å². The molecule has 0 aliphatic carbocycles. The number of nitrogens with one attached hydrogen (secondary N) is 1. The maximum absolute atomic E-state index is 3.65. The average Bonchev–Trinajstić information content (AvgIpc) is 2.17. The predicted molar refractivity (Wildman–Crippen MR) is 65.0 cm³/mol. The van der Waals surface area contributed by atoms with E-state index in [1.165, 1.54) is 24.0 Å². The highest BCUT2D eigenvalue weighted by Gasteiger charge is 2.19. The molecule has 1 heterocycles. The van der Waals surface area contributed by atoms with Crippen molar-refractivity contribution in [2.75, 3.05) is 0 Å². The third kappa shape index (κ3) is 2.40. The van der Waals surface area contributed by atoms with Gasteiger partial charge >= 0.3 is 0 Å². The normalized spacial score (nSPS) is 20.4. The van der Waals surface area contributed by atoms with Crippen LogP contribution < -0.4 is 5.32 Å². The Balaban J connectivity index is 2.13. The van der Waals surface area contributed by atoms with Crippen LogP contribution in [-0.2, 0) is 13.0 Å². The summed E-state index contributed by atoms with van der Waals surface area (Å²) in [6.07, 6.45) is 2.49. The molecule has 0 aromatic heterocycles. The molecule has 2 rings (SSSR count). The Morgan fingerprint density at radius 3 is 2.93 bits per heavy atom. The van der Waals surface area contributed by atoms with Crippen molar-refractivity contribution in [3.63, 3.8) is 0 Å². The summed E-state index contributed by atoms with van der Waals surface area (Å²) in [5, 5.41) is 3.65. The molecule has 0 saturated carbocycles. The fourth-order valence-corrected chi connectivity index (χ4v) is 2.53. The van der Waals surface area contributed by atoms with Gasteiger partial charge in [-0.2, -0.15) is 0 Å². The molecule has 82 valence electrons. The SMILES string of the molecule is Cc1cccc2c1CNC(CC(C)C)C2. The molecule has 0 radical (unpaired) electrons. The van der Waals surface area contributed by atoms with E-state index >= 15 is 0 Å². The Kier molecular flexibility index (Phi) is 3.11. The van der Waals surface area contributed by atoms with Gasteiger partial charge in [0.05, 0.1) is 0 Å². The van der Waals surface area contributed by atoms with Gasteiger partial charge in [-0.15, -0.1) is 0 Å². The third-order valence-electron chi connectivity index (χ3n) is 3.30. The Hall–Kier alpha value is -0.820. The van der Waals surface area contributed by atoms with Crippen LogP contribution >= 0.6 is 0 Å². The summed E-state index contributed by atoms with van der Waals surface area (Å²) in [7, 11) is 0. The minimum Gasteiger partial charge on any atom is -0.310 e. The van der Waals surface area contributed by atoms with E-state index in [0.29, 0.717) is 6.04 Å². The van der Waals surface area contributed by atoms with Gasteiger partial charge in [0.1, 0.15) is 0 Å². The minimum absolute atomic E-state index is 0.680. The van der Waals surface area contributed by atoms with E-state index in [0.717, 1.165) is 12.5 Å². The molecule has 0 amide bonds. The minimum atomic E-state index is 0.680. The first-order valence-corrected chi connectivity index (χ1v) is 5.97. The van der Waals surface area contributed by atoms with Crippen molar-refractivity contribution < 1.29 is 0 Å². The number of rotatable bonds is 2. The maximum atomic E-state index is 3.65. The Bertz CT molecular complexity index is 341. The first-order chi connectivity index (χ1) is 7.16. The second kappa shape index (κ2) is 4.36. The largest absolute Gasteiger partial charge is 0.310 e. The van der Waals surface area contributed by atoms with Gasteiger partial charge in [0.15, 0.2) is 0 Å². The number of aryl methyl sites for hydroxylation is 1. The van der Waals surface area contributed by atoms with Gasteiger partial charge in [0.25, 0.3) is 0 Å². The Labute approximate surface area is 92.9 Å². The monoisotopic (exact) mass is 203 g/mol. The van der Waals surface area contributed by atoms with Crippen molar-refractivity contribution in [3.8, 4) is 0 Å². The molecule has 1 aromatic rings. The molecule has 1 N–H and O–H groups in total. The summed E-state index contributed by atoms with van der Waals surface area (Å²) in [6.45, 7) is 7.86. The first-order valence-electron chi connectivity index (χ1n) is 5.97. The molecular formula is C14H21N. The molecule has 1 atom stereocenters. The molecule has 1 aliphatic heterocycles. The van der Waals surface area contributed by atoms with Crippen LogP contribution in [0, 0.1) is 12.8 Å². The molecule has 1 aliphatic rings. The van der Waals surface area contributed by atoms with E-state index in [9.17, 15) is 0 Å². The number of benzene rings is 1. The molecule has 0 fully saturated rings. The standard InChI is InChI=1S/C14H21N/c1-10(2)7-13-8-12-6-4-5-11(3)14(12)9-15-13/h4-6,10,13,15H,7-9H2,1-3H3. The number of hydrogen-bond donors (Lipinski definition) is 1. The topological polar surface area (TPSA) is 12.0 Å². The lowest BCUT2D eigenvalue weighted by molar-refractivity contribution is 0.397. The lowest BCUT2D eigenvalue weighted by Crippen LogP contribution is -2.36. The highest BCUT2D eigenvalue weighted by Crippen LogP contribution is 2.22. The van der Waals surface area contributed by atoms with Crippen molar-refractivity contribution >= 4 is 0 Å². The van der Waals surface area contributed by atoms with Gasteiger partial charge in [-0.25, -0.2) is 0 Å². The lowest BCUT2D eigenvalue weighted by atomic mass is 9.89. The number of hydrogen-bond acceptors (Lipinski definition) is 1. The van der Waals surface area contributed by atoms with Crippen LogP contribution in [0.3, 0.4) is 0 Å². The molecule has 0 bridgehead atoms. The maximum Gasteiger partial charge on any atom is 0.0213 e. The molecular weight excluding hydrogens is 182 g/mol. The summed E-state index contributed by atoms with van der Waals surface area (Å²) >= 11 is 0. The third-order valence-corrected chi connectivity index (χ3v) is 3.30. The van der Waals surface area contributed by atoms with Gasteiger partial charge in [-0.1, -0.05) is 32.0 Å². The van der Waals surface area contributed by atoms with Crippen molar-refractivity contribution in [1.29, 1.82) is 0 Å². The van der Waals surface area contributed by atoms with Crippen LogP contribution in [0.5, 0.6) is 0 Å². The summed E-state index contributed by atoms with van der Waals surface area (Å²) in [5.74, 6) is 0.786.